The number of ether oxygens (including phenoxy) is 4. The molecule has 0 spiro atoms. The molecule has 1 aromatic rings. The van der Waals surface area contributed by atoms with Crippen LogP contribution in [0.2, 0.25) is 0 Å². The maximum atomic E-state index is 11.0. The van der Waals surface area contributed by atoms with Crippen LogP contribution in [0.3, 0.4) is 0 Å². The van der Waals surface area contributed by atoms with Gasteiger partial charge in [0.15, 0.2) is 12.6 Å². The van der Waals surface area contributed by atoms with Crippen molar-refractivity contribution in [1.29, 1.82) is 0 Å². The van der Waals surface area contributed by atoms with Gasteiger partial charge in [0.05, 0.1) is 12.6 Å². The van der Waals surface area contributed by atoms with Crippen LogP contribution < -0.4 is 0 Å². The minimum atomic E-state index is -0.665. The van der Waals surface area contributed by atoms with Crippen LogP contribution in [0.4, 0.5) is 0 Å². The van der Waals surface area contributed by atoms with Gasteiger partial charge in [-0.25, -0.2) is 0 Å². The molecular formula is C18H25NO5. The molecule has 3 heterocycles. The fourth-order valence-corrected chi connectivity index (χ4v) is 3.98. The third-order valence-electron chi connectivity index (χ3n) is 5.20. The number of aliphatic hydroxyl groups is 1. The average Bonchev–Trinajstić information content (AvgIpc) is 3.16. The van der Waals surface area contributed by atoms with E-state index in [4.69, 9.17) is 18.9 Å². The first-order valence-corrected chi connectivity index (χ1v) is 8.70. The lowest BCUT2D eigenvalue weighted by Crippen LogP contribution is -2.66. The van der Waals surface area contributed by atoms with Crippen LogP contribution >= 0.6 is 0 Å². The summed E-state index contributed by atoms with van der Waals surface area (Å²) in [6, 6.07) is 9.60. The summed E-state index contributed by atoms with van der Waals surface area (Å²) in [5.74, 6) is 0. The van der Waals surface area contributed by atoms with Crippen molar-refractivity contribution < 1.29 is 24.1 Å². The molecule has 24 heavy (non-hydrogen) atoms. The number of hydrogen-bond donors (Lipinski definition) is 1. The minimum Gasteiger partial charge on any atom is -0.388 e. The van der Waals surface area contributed by atoms with Crippen molar-refractivity contribution in [3.8, 4) is 0 Å². The van der Waals surface area contributed by atoms with Crippen LogP contribution in [0.15, 0.2) is 30.3 Å². The van der Waals surface area contributed by atoms with E-state index in [1.165, 1.54) is 0 Å². The van der Waals surface area contributed by atoms with Crippen molar-refractivity contribution >= 4 is 0 Å². The summed E-state index contributed by atoms with van der Waals surface area (Å²) in [7, 11) is 1.62. The molecule has 3 fully saturated rings. The summed E-state index contributed by atoms with van der Waals surface area (Å²) in [5.41, 5.74) is 0.953. The predicted molar refractivity (Wildman–Crippen MR) is 86.3 cm³/mol. The van der Waals surface area contributed by atoms with Crippen molar-refractivity contribution in [3.63, 3.8) is 0 Å². The van der Waals surface area contributed by atoms with E-state index >= 15 is 0 Å². The van der Waals surface area contributed by atoms with Crippen LogP contribution in [0.25, 0.3) is 0 Å². The summed E-state index contributed by atoms with van der Waals surface area (Å²) in [6.45, 7) is 2.30. The maximum absolute atomic E-state index is 11.0. The van der Waals surface area contributed by atoms with E-state index in [1.807, 2.05) is 30.3 Å². The van der Waals surface area contributed by atoms with Gasteiger partial charge in [-0.2, -0.15) is 0 Å². The molecule has 3 aliphatic rings. The summed E-state index contributed by atoms with van der Waals surface area (Å²) in [4.78, 5) is 2.26. The number of benzene rings is 1. The summed E-state index contributed by atoms with van der Waals surface area (Å²) in [6.07, 6.45) is -0.0372. The summed E-state index contributed by atoms with van der Waals surface area (Å²) < 4.78 is 23.5. The molecule has 0 radical (unpaired) electrons. The molecule has 6 heteroatoms. The van der Waals surface area contributed by atoms with Gasteiger partial charge in [0, 0.05) is 12.7 Å². The lowest BCUT2D eigenvalue weighted by molar-refractivity contribution is -0.349. The zero-order chi connectivity index (χ0) is 16.5. The minimum absolute atomic E-state index is 0.201. The molecule has 0 bridgehead atoms. The van der Waals surface area contributed by atoms with Crippen LogP contribution in [-0.4, -0.2) is 67.5 Å². The number of rotatable bonds is 3. The molecule has 4 rings (SSSR count). The van der Waals surface area contributed by atoms with Gasteiger partial charge in [0.25, 0.3) is 0 Å². The van der Waals surface area contributed by atoms with Gasteiger partial charge in [-0.05, 0) is 25.9 Å². The monoisotopic (exact) mass is 335 g/mol. The predicted octanol–water partition coefficient (Wildman–Crippen LogP) is 1.30. The zero-order valence-electron chi connectivity index (χ0n) is 13.9. The van der Waals surface area contributed by atoms with E-state index < -0.39 is 24.8 Å². The quantitative estimate of drug-likeness (QED) is 0.898. The van der Waals surface area contributed by atoms with Crippen molar-refractivity contribution in [2.75, 3.05) is 26.8 Å². The van der Waals surface area contributed by atoms with E-state index in [-0.39, 0.29) is 12.1 Å². The third-order valence-corrected chi connectivity index (χ3v) is 5.20. The third kappa shape index (κ3) is 2.98. The highest BCUT2D eigenvalue weighted by molar-refractivity contribution is 5.16. The van der Waals surface area contributed by atoms with Gasteiger partial charge in [-0.1, -0.05) is 30.3 Å². The highest BCUT2D eigenvalue weighted by Crippen LogP contribution is 2.36. The van der Waals surface area contributed by atoms with Crippen LogP contribution in [0, 0.1) is 0 Å². The fourth-order valence-electron chi connectivity index (χ4n) is 3.98. The molecule has 1 aromatic carbocycles. The van der Waals surface area contributed by atoms with E-state index in [0.29, 0.717) is 6.61 Å². The summed E-state index contributed by atoms with van der Waals surface area (Å²) in [5, 5.41) is 11.0. The Morgan fingerprint density at radius 2 is 1.88 bits per heavy atom. The van der Waals surface area contributed by atoms with Gasteiger partial charge >= 0.3 is 0 Å². The molecule has 0 amide bonds. The van der Waals surface area contributed by atoms with Crippen molar-refractivity contribution in [1.82, 2.24) is 4.90 Å². The van der Waals surface area contributed by atoms with Gasteiger partial charge in [-0.15, -0.1) is 0 Å². The van der Waals surface area contributed by atoms with E-state index in [1.54, 1.807) is 7.11 Å². The molecule has 6 atom stereocenters. The fraction of sp³-hybridized carbons (Fsp3) is 0.667. The largest absolute Gasteiger partial charge is 0.388 e. The van der Waals surface area contributed by atoms with Crippen LogP contribution in [0.1, 0.15) is 24.7 Å². The van der Waals surface area contributed by atoms with Crippen molar-refractivity contribution in [2.24, 2.45) is 0 Å². The van der Waals surface area contributed by atoms with Crippen LogP contribution in [0.5, 0.6) is 0 Å². The molecule has 0 aliphatic carbocycles. The van der Waals surface area contributed by atoms with Crippen molar-refractivity contribution in [2.45, 2.75) is 49.8 Å². The van der Waals surface area contributed by atoms with Crippen molar-refractivity contribution in [3.05, 3.63) is 35.9 Å². The van der Waals surface area contributed by atoms with Gasteiger partial charge < -0.3 is 24.1 Å². The van der Waals surface area contributed by atoms with Gasteiger partial charge in [0.1, 0.15) is 18.3 Å². The molecular weight excluding hydrogens is 310 g/mol. The first-order chi connectivity index (χ1) is 11.8. The Labute approximate surface area is 142 Å². The Kier molecular flexibility index (Phi) is 4.85. The SMILES string of the molecule is CO[C@H]1O[C@@H]2COC(c3ccccc3)O[C@H]2[C@H](O)[C@@H]1N1CCCC1. The first kappa shape index (κ1) is 16.4. The van der Waals surface area contributed by atoms with E-state index in [2.05, 4.69) is 4.90 Å². The number of methoxy groups -OCH3 is 1. The molecule has 6 nitrogen and oxygen atoms in total. The lowest BCUT2D eigenvalue weighted by atomic mass is 9.94. The number of aliphatic hydroxyl groups excluding tert-OH is 1. The Bertz CT molecular complexity index is 535. The Hall–Kier alpha value is -1.02. The molecule has 3 saturated heterocycles. The number of fused-ring (bicyclic) bond motifs is 1. The Morgan fingerprint density at radius 1 is 1.12 bits per heavy atom. The van der Waals surface area contributed by atoms with Crippen LogP contribution in [-0.2, 0) is 18.9 Å². The number of nitrogens with zero attached hydrogens (tertiary/aromatic N) is 1. The van der Waals surface area contributed by atoms with E-state index in [0.717, 1.165) is 31.5 Å². The molecule has 3 aliphatic heterocycles. The Morgan fingerprint density at radius 3 is 2.58 bits per heavy atom. The Balaban J connectivity index is 1.53. The summed E-state index contributed by atoms with van der Waals surface area (Å²) >= 11 is 0. The molecule has 0 saturated carbocycles. The van der Waals surface area contributed by atoms with Gasteiger partial charge in [0.2, 0.25) is 0 Å². The molecule has 132 valence electrons. The maximum Gasteiger partial charge on any atom is 0.184 e. The highest BCUT2D eigenvalue weighted by Gasteiger charge is 2.51. The standard InChI is InChI=1S/C18H25NO5/c1-21-18-14(19-9-5-6-10-19)15(20)16-13(23-18)11-22-17(24-16)12-7-3-2-4-8-12/h2-4,7-8,13-18,20H,5-6,9-11H2,1H3/t13-,14+,15-,16-,17?,18+/m1/s1. The van der Waals surface area contributed by atoms with Gasteiger partial charge in [-0.3, -0.25) is 4.90 Å². The number of likely N-dealkylation sites (tertiary alicyclic amines) is 1. The normalized spacial score (nSPS) is 40.4. The average molecular weight is 335 g/mol. The first-order valence-electron chi connectivity index (χ1n) is 8.70. The molecule has 1 N–H and O–H groups in total. The second kappa shape index (κ2) is 7.07. The lowest BCUT2D eigenvalue weighted by Gasteiger charge is -2.49. The smallest absolute Gasteiger partial charge is 0.184 e. The second-order valence-electron chi connectivity index (χ2n) is 6.68. The highest BCUT2D eigenvalue weighted by atomic mass is 16.7. The molecule has 0 aromatic heterocycles. The zero-order valence-corrected chi connectivity index (χ0v) is 13.9. The van der Waals surface area contributed by atoms with E-state index in [9.17, 15) is 5.11 Å². The number of hydrogen-bond acceptors (Lipinski definition) is 6. The molecule has 1 unspecified atom stereocenters. The second-order valence-corrected chi connectivity index (χ2v) is 6.68. The topological polar surface area (TPSA) is 60.4 Å².